The van der Waals surface area contributed by atoms with Crippen molar-refractivity contribution in [3.8, 4) is 6.07 Å². The molecule has 0 aliphatic heterocycles. The van der Waals surface area contributed by atoms with Crippen LogP contribution in [0.1, 0.15) is 16.9 Å². The van der Waals surface area contributed by atoms with Crippen molar-refractivity contribution in [2.45, 2.75) is 13.5 Å². The molecule has 92 valence electrons. The summed E-state index contributed by atoms with van der Waals surface area (Å²) in [6, 6.07) is 5.64. The molecular weight excluding hydrogens is 228 g/mol. The van der Waals surface area contributed by atoms with Crippen LogP contribution in [0.15, 0.2) is 29.0 Å². The number of rotatable bonds is 3. The molecule has 5 nitrogen and oxygen atoms in total. The number of hydrogen-bond acceptors (Lipinski definition) is 5. The molecule has 0 atom stereocenters. The zero-order valence-electron chi connectivity index (χ0n) is 10.3. The van der Waals surface area contributed by atoms with Gasteiger partial charge in [-0.15, -0.1) is 0 Å². The number of nitriles is 1. The van der Waals surface area contributed by atoms with E-state index in [0.29, 0.717) is 23.6 Å². The van der Waals surface area contributed by atoms with Crippen molar-refractivity contribution < 1.29 is 4.42 Å². The van der Waals surface area contributed by atoms with Gasteiger partial charge in [0.1, 0.15) is 17.6 Å². The van der Waals surface area contributed by atoms with Crippen molar-refractivity contribution in [1.29, 1.82) is 5.26 Å². The first kappa shape index (κ1) is 12.0. The van der Waals surface area contributed by atoms with Crippen LogP contribution >= 0.6 is 0 Å². The molecule has 0 aliphatic rings. The number of nitrogens with two attached hydrogens (primary N) is 1. The molecule has 0 spiro atoms. The summed E-state index contributed by atoms with van der Waals surface area (Å²) in [5.74, 6) is 1.49. The average Bonchev–Trinajstić information content (AvgIpc) is 2.74. The smallest absolute Gasteiger partial charge is 0.146 e. The fourth-order valence-corrected chi connectivity index (χ4v) is 1.77. The van der Waals surface area contributed by atoms with Crippen molar-refractivity contribution in [2.24, 2.45) is 0 Å². The Morgan fingerprint density at radius 1 is 1.56 bits per heavy atom. The maximum absolute atomic E-state index is 9.08. The molecule has 0 radical (unpaired) electrons. The molecule has 0 fully saturated rings. The molecule has 0 saturated carbocycles. The molecule has 0 amide bonds. The lowest BCUT2D eigenvalue weighted by Gasteiger charge is -2.18. The quantitative estimate of drug-likeness (QED) is 0.891. The number of nitrogen functional groups attached to an aromatic ring is 1. The molecule has 2 aromatic heterocycles. The highest BCUT2D eigenvalue weighted by atomic mass is 16.3. The highest BCUT2D eigenvalue weighted by Gasteiger charge is 2.12. The topological polar surface area (TPSA) is 79.1 Å². The van der Waals surface area contributed by atoms with Crippen molar-refractivity contribution in [2.75, 3.05) is 17.7 Å². The zero-order chi connectivity index (χ0) is 13.1. The highest BCUT2D eigenvalue weighted by molar-refractivity contribution is 5.58. The Balaban J connectivity index is 2.27. The summed E-state index contributed by atoms with van der Waals surface area (Å²) in [6.45, 7) is 2.54. The van der Waals surface area contributed by atoms with Gasteiger partial charge in [-0.05, 0) is 19.1 Å². The summed E-state index contributed by atoms with van der Waals surface area (Å²) in [7, 11) is 1.88. The van der Waals surface area contributed by atoms with E-state index in [-0.39, 0.29) is 0 Å². The van der Waals surface area contributed by atoms with Crippen LogP contribution in [0.4, 0.5) is 11.5 Å². The van der Waals surface area contributed by atoms with Crippen LogP contribution < -0.4 is 10.6 Å². The minimum atomic E-state index is 0.471. The van der Waals surface area contributed by atoms with Gasteiger partial charge in [0.15, 0.2) is 0 Å². The predicted molar refractivity (Wildman–Crippen MR) is 68.9 cm³/mol. The number of anilines is 2. The van der Waals surface area contributed by atoms with Crippen LogP contribution in [0.2, 0.25) is 0 Å². The second kappa shape index (κ2) is 4.80. The van der Waals surface area contributed by atoms with Gasteiger partial charge in [0.05, 0.1) is 23.7 Å². The Kier molecular flexibility index (Phi) is 3.20. The second-order valence-corrected chi connectivity index (χ2v) is 4.11. The Labute approximate surface area is 105 Å². The first-order valence-electron chi connectivity index (χ1n) is 5.51. The van der Waals surface area contributed by atoms with Crippen LogP contribution in [0, 0.1) is 18.3 Å². The molecule has 0 unspecified atom stereocenters. The fraction of sp³-hybridized carbons (Fsp3) is 0.231. The van der Waals surface area contributed by atoms with E-state index in [2.05, 4.69) is 11.1 Å². The maximum atomic E-state index is 9.08. The van der Waals surface area contributed by atoms with Crippen LogP contribution in [0.5, 0.6) is 0 Å². The third kappa shape index (κ3) is 2.28. The molecule has 2 rings (SSSR count). The molecule has 0 bridgehead atoms. The Bertz CT molecular complexity index is 597. The van der Waals surface area contributed by atoms with Crippen molar-refractivity contribution in [3.05, 3.63) is 41.5 Å². The fourth-order valence-electron chi connectivity index (χ4n) is 1.77. The number of nitrogens with zero attached hydrogens (tertiary/aromatic N) is 3. The third-order valence-corrected chi connectivity index (χ3v) is 2.74. The Morgan fingerprint density at radius 3 is 2.94 bits per heavy atom. The van der Waals surface area contributed by atoms with Gasteiger partial charge in [0, 0.05) is 19.2 Å². The second-order valence-electron chi connectivity index (χ2n) is 4.11. The Hall–Kier alpha value is -2.48. The number of hydrogen-bond donors (Lipinski definition) is 1. The zero-order valence-corrected chi connectivity index (χ0v) is 10.3. The first-order chi connectivity index (χ1) is 8.61. The van der Waals surface area contributed by atoms with Gasteiger partial charge in [-0.1, -0.05) is 0 Å². The van der Waals surface area contributed by atoms with E-state index in [1.54, 1.807) is 18.5 Å². The molecule has 0 aliphatic carbocycles. The molecule has 2 heterocycles. The van der Waals surface area contributed by atoms with Crippen molar-refractivity contribution in [1.82, 2.24) is 4.98 Å². The van der Waals surface area contributed by atoms with Gasteiger partial charge in [0.2, 0.25) is 0 Å². The van der Waals surface area contributed by atoms with E-state index in [0.717, 1.165) is 11.3 Å². The van der Waals surface area contributed by atoms with E-state index < -0.39 is 0 Å². The van der Waals surface area contributed by atoms with Gasteiger partial charge in [-0.25, -0.2) is 4.98 Å². The van der Waals surface area contributed by atoms with Gasteiger partial charge in [0.25, 0.3) is 0 Å². The maximum Gasteiger partial charge on any atom is 0.146 e. The van der Waals surface area contributed by atoms with Gasteiger partial charge in [-0.2, -0.15) is 5.26 Å². The summed E-state index contributed by atoms with van der Waals surface area (Å²) in [5, 5.41) is 9.08. The SMILES string of the molecule is Cc1occc1CN(C)c1ncc(N)cc1C#N. The number of pyridine rings is 1. The molecule has 18 heavy (non-hydrogen) atoms. The minimum absolute atomic E-state index is 0.471. The van der Waals surface area contributed by atoms with E-state index in [4.69, 9.17) is 15.4 Å². The molecule has 2 N–H and O–H groups in total. The van der Waals surface area contributed by atoms with E-state index >= 15 is 0 Å². The Morgan fingerprint density at radius 2 is 2.33 bits per heavy atom. The van der Waals surface area contributed by atoms with E-state index in [9.17, 15) is 0 Å². The summed E-state index contributed by atoms with van der Waals surface area (Å²) in [6.07, 6.45) is 3.20. The van der Waals surface area contributed by atoms with Crippen LogP contribution in [0.25, 0.3) is 0 Å². The van der Waals surface area contributed by atoms with Crippen LogP contribution in [0.3, 0.4) is 0 Å². The molecule has 2 aromatic rings. The van der Waals surface area contributed by atoms with E-state index in [1.807, 2.05) is 24.9 Å². The molecule has 5 heteroatoms. The molecule has 0 aromatic carbocycles. The molecule has 0 saturated heterocycles. The summed E-state index contributed by atoms with van der Waals surface area (Å²) >= 11 is 0. The van der Waals surface area contributed by atoms with Crippen LogP contribution in [-0.4, -0.2) is 12.0 Å². The summed E-state index contributed by atoms with van der Waals surface area (Å²) < 4.78 is 5.24. The monoisotopic (exact) mass is 242 g/mol. The van der Waals surface area contributed by atoms with Gasteiger partial charge in [-0.3, -0.25) is 0 Å². The standard InChI is InChI=1S/C13H14N4O/c1-9-10(3-4-18-9)8-17(2)13-11(6-14)5-12(15)7-16-13/h3-5,7H,8,15H2,1-2H3. The van der Waals surface area contributed by atoms with Crippen molar-refractivity contribution >= 4 is 11.5 Å². The average molecular weight is 242 g/mol. The van der Waals surface area contributed by atoms with Crippen molar-refractivity contribution in [3.63, 3.8) is 0 Å². The predicted octanol–water partition coefficient (Wildman–Crippen LogP) is 2.07. The largest absolute Gasteiger partial charge is 0.469 e. The summed E-state index contributed by atoms with van der Waals surface area (Å²) in [4.78, 5) is 6.11. The lowest BCUT2D eigenvalue weighted by atomic mass is 10.2. The lowest BCUT2D eigenvalue weighted by molar-refractivity contribution is 0.529. The number of furan rings is 1. The highest BCUT2D eigenvalue weighted by Crippen LogP contribution is 2.21. The van der Waals surface area contributed by atoms with E-state index in [1.165, 1.54) is 0 Å². The number of aromatic nitrogens is 1. The normalized spacial score (nSPS) is 10.1. The molecular formula is C13H14N4O. The first-order valence-corrected chi connectivity index (χ1v) is 5.51. The minimum Gasteiger partial charge on any atom is -0.469 e. The van der Waals surface area contributed by atoms with Crippen LogP contribution in [-0.2, 0) is 6.54 Å². The van der Waals surface area contributed by atoms with Gasteiger partial charge < -0.3 is 15.1 Å². The van der Waals surface area contributed by atoms with Gasteiger partial charge >= 0.3 is 0 Å². The number of aryl methyl sites for hydroxylation is 1. The summed E-state index contributed by atoms with van der Waals surface area (Å²) in [5.41, 5.74) is 7.65. The lowest BCUT2D eigenvalue weighted by Crippen LogP contribution is -2.19. The third-order valence-electron chi connectivity index (χ3n) is 2.74.